The zero-order valence-electron chi connectivity index (χ0n) is 13.1. The summed E-state index contributed by atoms with van der Waals surface area (Å²) in [5.41, 5.74) is 6.03. The van der Waals surface area contributed by atoms with Gasteiger partial charge < -0.3 is 10.6 Å². The number of nitrogens with zero attached hydrogens (tertiary/aromatic N) is 2. The molecule has 2 aliphatic heterocycles. The fourth-order valence-corrected chi connectivity index (χ4v) is 4.05. The molecule has 0 aliphatic carbocycles. The quantitative estimate of drug-likeness (QED) is 0.847. The van der Waals surface area contributed by atoms with Crippen LogP contribution in [0, 0.1) is 11.8 Å². The van der Waals surface area contributed by atoms with Gasteiger partial charge in [0.15, 0.2) is 0 Å². The number of likely N-dealkylation sites (tertiary alicyclic amines) is 2. The Hall–Kier alpha value is -0.120. The summed E-state index contributed by atoms with van der Waals surface area (Å²) >= 11 is 0. The summed E-state index contributed by atoms with van der Waals surface area (Å²) in [6.45, 7) is 13.0. The zero-order chi connectivity index (χ0) is 13.8. The smallest absolute Gasteiger partial charge is 0.0246 e. The molecule has 19 heavy (non-hydrogen) atoms. The van der Waals surface area contributed by atoms with Crippen molar-refractivity contribution in [1.82, 2.24) is 9.80 Å². The van der Waals surface area contributed by atoms with Gasteiger partial charge in [-0.3, -0.25) is 4.90 Å². The summed E-state index contributed by atoms with van der Waals surface area (Å²) in [5, 5.41) is 0. The Kier molecular flexibility index (Phi) is 5.67. The highest BCUT2D eigenvalue weighted by molar-refractivity contribution is 4.89. The average Bonchev–Trinajstić information content (AvgIpc) is 2.38. The Morgan fingerprint density at radius 3 is 2.37 bits per heavy atom. The van der Waals surface area contributed by atoms with Crippen molar-refractivity contribution in [2.75, 3.05) is 32.7 Å². The van der Waals surface area contributed by atoms with Gasteiger partial charge in [-0.15, -0.1) is 0 Å². The minimum Gasteiger partial charge on any atom is -0.329 e. The van der Waals surface area contributed by atoms with E-state index in [1.165, 1.54) is 51.9 Å². The molecule has 2 unspecified atom stereocenters. The number of rotatable bonds is 4. The molecule has 2 atom stereocenters. The molecule has 0 spiro atoms. The second kappa shape index (κ2) is 7.05. The first-order chi connectivity index (χ1) is 9.11. The van der Waals surface area contributed by atoms with Crippen LogP contribution in [-0.2, 0) is 0 Å². The van der Waals surface area contributed by atoms with Crippen molar-refractivity contribution in [1.29, 1.82) is 0 Å². The number of nitrogens with two attached hydrogens (primary N) is 1. The van der Waals surface area contributed by atoms with E-state index in [1.54, 1.807) is 0 Å². The second-order valence-corrected chi connectivity index (χ2v) is 7.09. The fourth-order valence-electron chi connectivity index (χ4n) is 4.05. The van der Waals surface area contributed by atoms with Crippen molar-refractivity contribution < 1.29 is 0 Å². The summed E-state index contributed by atoms with van der Waals surface area (Å²) in [6, 6.07) is 1.43. The van der Waals surface area contributed by atoms with Gasteiger partial charge >= 0.3 is 0 Å². The summed E-state index contributed by atoms with van der Waals surface area (Å²) in [7, 11) is 0. The lowest BCUT2D eigenvalue weighted by Gasteiger charge is -2.47. The highest BCUT2D eigenvalue weighted by Crippen LogP contribution is 2.28. The van der Waals surface area contributed by atoms with Gasteiger partial charge in [0.25, 0.3) is 0 Å². The zero-order valence-corrected chi connectivity index (χ0v) is 13.1. The van der Waals surface area contributed by atoms with Crippen LogP contribution >= 0.6 is 0 Å². The van der Waals surface area contributed by atoms with Gasteiger partial charge in [0.2, 0.25) is 0 Å². The van der Waals surface area contributed by atoms with Crippen LogP contribution in [0.3, 0.4) is 0 Å². The Balaban J connectivity index is 1.86. The monoisotopic (exact) mass is 267 g/mol. The van der Waals surface area contributed by atoms with Crippen molar-refractivity contribution in [2.45, 2.75) is 58.5 Å². The first-order valence-corrected chi connectivity index (χ1v) is 8.30. The molecule has 0 saturated carbocycles. The van der Waals surface area contributed by atoms with E-state index < -0.39 is 0 Å². The van der Waals surface area contributed by atoms with Crippen LogP contribution in [0.15, 0.2) is 0 Å². The molecular formula is C16H33N3. The Morgan fingerprint density at radius 1 is 1.11 bits per heavy atom. The molecule has 2 fully saturated rings. The number of hydrogen-bond donors (Lipinski definition) is 1. The Labute approximate surface area is 119 Å². The first-order valence-electron chi connectivity index (χ1n) is 8.30. The van der Waals surface area contributed by atoms with E-state index >= 15 is 0 Å². The molecule has 2 N–H and O–H groups in total. The van der Waals surface area contributed by atoms with Crippen molar-refractivity contribution in [3.63, 3.8) is 0 Å². The fraction of sp³-hybridized carbons (Fsp3) is 1.00. The minimum atomic E-state index is 0.635. The lowest BCUT2D eigenvalue weighted by atomic mass is 9.87. The first kappa shape index (κ1) is 15.3. The molecule has 0 aromatic rings. The summed E-state index contributed by atoms with van der Waals surface area (Å²) in [4.78, 5) is 5.40. The van der Waals surface area contributed by atoms with Crippen molar-refractivity contribution in [2.24, 2.45) is 17.6 Å². The normalized spacial score (nSPS) is 32.1. The summed E-state index contributed by atoms with van der Waals surface area (Å²) in [6.07, 6.45) is 5.42. The van der Waals surface area contributed by atoms with Crippen LogP contribution in [0.1, 0.15) is 46.5 Å². The molecule has 2 aliphatic rings. The van der Waals surface area contributed by atoms with E-state index in [1.807, 2.05) is 0 Å². The van der Waals surface area contributed by atoms with E-state index in [0.717, 1.165) is 24.4 Å². The maximum atomic E-state index is 6.03. The van der Waals surface area contributed by atoms with Crippen LogP contribution in [0.25, 0.3) is 0 Å². The molecule has 0 amide bonds. The highest BCUT2D eigenvalue weighted by atomic mass is 15.2. The topological polar surface area (TPSA) is 32.5 Å². The van der Waals surface area contributed by atoms with Crippen LogP contribution in [0.4, 0.5) is 0 Å². The van der Waals surface area contributed by atoms with Crippen LogP contribution < -0.4 is 5.73 Å². The molecule has 3 heteroatoms. The lowest BCUT2D eigenvalue weighted by molar-refractivity contribution is 0.0270. The van der Waals surface area contributed by atoms with Gasteiger partial charge in [-0.1, -0.05) is 20.8 Å². The molecular weight excluding hydrogens is 234 g/mol. The van der Waals surface area contributed by atoms with Gasteiger partial charge in [-0.05, 0) is 57.2 Å². The molecule has 2 saturated heterocycles. The highest BCUT2D eigenvalue weighted by Gasteiger charge is 2.33. The van der Waals surface area contributed by atoms with Crippen molar-refractivity contribution in [3.05, 3.63) is 0 Å². The maximum Gasteiger partial charge on any atom is 0.0246 e. The molecule has 0 radical (unpaired) electrons. The van der Waals surface area contributed by atoms with Crippen molar-refractivity contribution >= 4 is 0 Å². The third-order valence-electron chi connectivity index (χ3n) is 5.05. The van der Waals surface area contributed by atoms with Gasteiger partial charge in [0, 0.05) is 25.2 Å². The standard InChI is InChI=1S/C16H33N3/c1-13(2)12-18-9-6-15(7-10-18)19-8-4-5-14(3)16(19)11-17/h13-16H,4-12,17H2,1-3H3. The summed E-state index contributed by atoms with van der Waals surface area (Å²) in [5.74, 6) is 1.58. The average molecular weight is 267 g/mol. The molecule has 0 aromatic heterocycles. The van der Waals surface area contributed by atoms with E-state index in [9.17, 15) is 0 Å². The molecule has 112 valence electrons. The lowest BCUT2D eigenvalue weighted by Crippen LogP contribution is -2.55. The van der Waals surface area contributed by atoms with Gasteiger partial charge in [0.1, 0.15) is 0 Å². The predicted molar refractivity (Wildman–Crippen MR) is 82.2 cm³/mol. The summed E-state index contributed by atoms with van der Waals surface area (Å²) < 4.78 is 0. The SMILES string of the molecule is CC(C)CN1CCC(N2CCCC(C)C2CN)CC1. The predicted octanol–water partition coefficient (Wildman–Crippen LogP) is 2.17. The van der Waals surface area contributed by atoms with Gasteiger partial charge in [-0.25, -0.2) is 0 Å². The molecule has 3 nitrogen and oxygen atoms in total. The number of hydrogen-bond acceptors (Lipinski definition) is 3. The van der Waals surface area contributed by atoms with Crippen LogP contribution in [-0.4, -0.2) is 54.6 Å². The van der Waals surface area contributed by atoms with Crippen molar-refractivity contribution in [3.8, 4) is 0 Å². The van der Waals surface area contributed by atoms with Crippen LogP contribution in [0.2, 0.25) is 0 Å². The number of piperidine rings is 2. The van der Waals surface area contributed by atoms with E-state index in [-0.39, 0.29) is 0 Å². The van der Waals surface area contributed by atoms with Gasteiger partial charge in [0.05, 0.1) is 0 Å². The largest absolute Gasteiger partial charge is 0.329 e. The van der Waals surface area contributed by atoms with E-state index in [2.05, 4.69) is 30.6 Å². The molecule has 2 rings (SSSR count). The molecule has 0 aromatic carbocycles. The van der Waals surface area contributed by atoms with Crippen LogP contribution in [0.5, 0.6) is 0 Å². The Morgan fingerprint density at radius 2 is 1.79 bits per heavy atom. The van der Waals surface area contributed by atoms with Gasteiger partial charge in [-0.2, -0.15) is 0 Å². The molecule has 0 bridgehead atoms. The van der Waals surface area contributed by atoms with E-state index in [4.69, 9.17) is 5.73 Å². The second-order valence-electron chi connectivity index (χ2n) is 7.09. The third kappa shape index (κ3) is 3.93. The maximum absolute atomic E-state index is 6.03. The third-order valence-corrected chi connectivity index (χ3v) is 5.05. The Bertz CT molecular complexity index is 259. The minimum absolute atomic E-state index is 0.635. The molecule has 2 heterocycles. The van der Waals surface area contributed by atoms with E-state index in [0.29, 0.717) is 6.04 Å².